The summed E-state index contributed by atoms with van der Waals surface area (Å²) in [5.41, 5.74) is 9.01. The molecule has 0 fully saturated rings. The van der Waals surface area contributed by atoms with Crippen LogP contribution in [0, 0.1) is 5.92 Å². The number of unbranched alkanes of at least 4 members (excludes halogenated alkanes) is 5. The van der Waals surface area contributed by atoms with Crippen LogP contribution in [0.3, 0.4) is 0 Å². The second-order valence-electron chi connectivity index (χ2n) is 12.4. The third kappa shape index (κ3) is 6.15. The number of amides is 1. The number of carbonyl (C=O) groups excluding carboxylic acids is 1. The molecule has 6 heteroatoms. The molecule has 0 radical (unpaired) electrons. The van der Waals surface area contributed by atoms with Crippen molar-refractivity contribution in [2.75, 3.05) is 5.32 Å². The lowest BCUT2D eigenvalue weighted by Crippen LogP contribution is -2.30. The summed E-state index contributed by atoms with van der Waals surface area (Å²) in [5.74, 6) is 0.544. The van der Waals surface area contributed by atoms with Crippen LogP contribution in [0.4, 0.5) is 5.95 Å². The van der Waals surface area contributed by atoms with Gasteiger partial charge >= 0.3 is 0 Å². The lowest BCUT2D eigenvalue weighted by Gasteiger charge is -2.32. The third-order valence-electron chi connectivity index (χ3n) is 9.15. The van der Waals surface area contributed by atoms with Gasteiger partial charge in [-0.05, 0) is 92.5 Å². The summed E-state index contributed by atoms with van der Waals surface area (Å²) in [5, 5.41) is 15.9. The van der Waals surface area contributed by atoms with Gasteiger partial charge in [-0.1, -0.05) is 109 Å². The van der Waals surface area contributed by atoms with E-state index in [-0.39, 0.29) is 22.7 Å². The lowest BCUT2D eigenvalue weighted by atomic mass is 9.71. The maximum absolute atomic E-state index is 12.5. The van der Waals surface area contributed by atoms with Gasteiger partial charge in [-0.25, -0.2) is 5.10 Å². The van der Waals surface area contributed by atoms with Crippen molar-refractivity contribution in [2.24, 2.45) is 5.92 Å². The molecular formula is C33H45N5O. The Hall–Kier alpha value is -3.28. The Morgan fingerprint density at radius 1 is 0.974 bits per heavy atom. The molecule has 4 rings (SSSR count). The highest BCUT2D eigenvalue weighted by atomic mass is 16.1. The van der Waals surface area contributed by atoms with Gasteiger partial charge in [0.15, 0.2) is 0 Å². The van der Waals surface area contributed by atoms with Crippen molar-refractivity contribution >= 4 is 23.5 Å². The number of hydrogen-bond donors (Lipinski definition) is 2. The number of H-pyrrole nitrogens is 1. The fraction of sp³-hybridized carbons (Fsp3) is 0.515. The molecule has 6 nitrogen and oxygen atoms in total. The van der Waals surface area contributed by atoms with E-state index in [2.05, 4.69) is 92.6 Å². The molecule has 208 valence electrons. The molecule has 1 aliphatic rings. The van der Waals surface area contributed by atoms with Crippen LogP contribution < -0.4 is 5.32 Å². The first-order valence-electron chi connectivity index (χ1n) is 14.6. The summed E-state index contributed by atoms with van der Waals surface area (Å²) in [6.45, 7) is 16.5. The van der Waals surface area contributed by atoms with Gasteiger partial charge in [0.25, 0.3) is 5.91 Å². The van der Waals surface area contributed by atoms with Crippen LogP contribution >= 0.6 is 0 Å². The first-order chi connectivity index (χ1) is 18.6. The highest BCUT2D eigenvalue weighted by Gasteiger charge is 2.48. The molecular weight excluding hydrogens is 482 g/mol. The minimum absolute atomic E-state index is 0.126. The number of aryl methyl sites for hydroxylation is 1. The number of nitrogens with one attached hydrogen (secondary N) is 2. The van der Waals surface area contributed by atoms with Crippen molar-refractivity contribution in [2.45, 2.75) is 104 Å². The number of hydrogen-bond acceptors (Lipinski definition) is 4. The summed E-state index contributed by atoms with van der Waals surface area (Å²) >= 11 is 0. The minimum atomic E-state index is -0.250. The average Bonchev–Trinajstić information content (AvgIpc) is 3.46. The minimum Gasteiger partial charge on any atom is -0.289 e. The molecule has 1 heterocycles. The molecule has 1 aliphatic carbocycles. The fourth-order valence-electron chi connectivity index (χ4n) is 6.20. The Morgan fingerprint density at radius 2 is 1.62 bits per heavy atom. The maximum Gasteiger partial charge on any atom is 0.258 e. The number of aromatic nitrogens is 4. The number of rotatable bonds is 11. The first-order valence-corrected chi connectivity index (χ1v) is 14.6. The monoisotopic (exact) mass is 527 g/mol. The molecule has 0 aliphatic heterocycles. The van der Waals surface area contributed by atoms with Crippen LogP contribution in [-0.2, 0) is 17.3 Å². The van der Waals surface area contributed by atoms with E-state index in [4.69, 9.17) is 0 Å². The fourth-order valence-corrected chi connectivity index (χ4v) is 6.20. The number of benzene rings is 2. The average molecular weight is 528 g/mol. The van der Waals surface area contributed by atoms with Crippen molar-refractivity contribution in [1.82, 2.24) is 20.6 Å². The number of fused-ring (bicyclic) bond motifs is 1. The third-order valence-corrected chi connectivity index (χ3v) is 9.15. The summed E-state index contributed by atoms with van der Waals surface area (Å²) in [7, 11) is 0. The predicted molar refractivity (Wildman–Crippen MR) is 161 cm³/mol. The van der Waals surface area contributed by atoms with Crippen molar-refractivity contribution < 1.29 is 4.79 Å². The van der Waals surface area contributed by atoms with Gasteiger partial charge in [-0.3, -0.25) is 10.1 Å². The van der Waals surface area contributed by atoms with Gasteiger partial charge in [0, 0.05) is 5.56 Å². The van der Waals surface area contributed by atoms with Crippen molar-refractivity contribution in [3.8, 4) is 0 Å². The van der Waals surface area contributed by atoms with Crippen molar-refractivity contribution in [1.29, 1.82) is 0 Å². The van der Waals surface area contributed by atoms with Gasteiger partial charge in [0.1, 0.15) is 0 Å². The summed E-state index contributed by atoms with van der Waals surface area (Å²) in [4.78, 5) is 12.5. The zero-order chi connectivity index (χ0) is 28.2. The van der Waals surface area contributed by atoms with Crippen LogP contribution in [-0.4, -0.2) is 26.5 Å². The number of allylic oxidation sites excluding steroid dienone is 1. The zero-order valence-electron chi connectivity index (χ0n) is 24.8. The molecule has 0 saturated heterocycles. The van der Waals surface area contributed by atoms with Gasteiger partial charge in [-0.2, -0.15) is 0 Å². The van der Waals surface area contributed by atoms with E-state index in [1.807, 2.05) is 24.3 Å². The Bertz CT molecular complexity index is 1300. The SMILES string of the molecule is CCCCCCCCc1cc2c(cc1/C(C)=C/c1ccc(C(=O)Nc3nnn[nH]3)cc1)C(C)(C)C(C)C2(C)C. The highest BCUT2D eigenvalue weighted by molar-refractivity contribution is 6.03. The molecule has 2 aromatic carbocycles. The number of aromatic amines is 1. The molecule has 3 aromatic rings. The van der Waals surface area contributed by atoms with Crippen molar-refractivity contribution in [3.63, 3.8) is 0 Å². The molecule has 1 aromatic heterocycles. The summed E-state index contributed by atoms with van der Waals surface area (Å²) in [6.07, 6.45) is 11.2. The van der Waals surface area contributed by atoms with Crippen LogP contribution in [0.5, 0.6) is 0 Å². The Labute approximate surface area is 234 Å². The topological polar surface area (TPSA) is 83.6 Å². The normalized spacial score (nSPS) is 17.7. The van der Waals surface area contributed by atoms with E-state index in [1.54, 1.807) is 0 Å². The molecule has 2 N–H and O–H groups in total. The van der Waals surface area contributed by atoms with E-state index in [0.717, 1.165) is 12.0 Å². The van der Waals surface area contributed by atoms with Gasteiger partial charge < -0.3 is 0 Å². The number of tetrazole rings is 1. The van der Waals surface area contributed by atoms with Crippen LogP contribution in [0.1, 0.15) is 125 Å². The number of carbonyl (C=O) groups is 1. The molecule has 1 amide bonds. The Balaban J connectivity index is 1.61. The largest absolute Gasteiger partial charge is 0.289 e. The number of nitrogens with zero attached hydrogens (tertiary/aromatic N) is 3. The maximum atomic E-state index is 12.5. The second-order valence-corrected chi connectivity index (χ2v) is 12.4. The zero-order valence-corrected chi connectivity index (χ0v) is 24.8. The predicted octanol–water partition coefficient (Wildman–Crippen LogP) is 8.12. The van der Waals surface area contributed by atoms with E-state index in [0.29, 0.717) is 11.5 Å². The van der Waals surface area contributed by atoms with E-state index in [9.17, 15) is 4.79 Å². The van der Waals surface area contributed by atoms with Gasteiger partial charge in [-0.15, -0.1) is 0 Å². The molecule has 1 unspecified atom stereocenters. The van der Waals surface area contributed by atoms with Gasteiger partial charge in [0.2, 0.25) is 5.95 Å². The van der Waals surface area contributed by atoms with E-state index >= 15 is 0 Å². The highest BCUT2D eigenvalue weighted by Crippen LogP contribution is 2.54. The molecule has 0 bridgehead atoms. The molecule has 0 spiro atoms. The number of anilines is 1. The van der Waals surface area contributed by atoms with Crippen LogP contribution in [0.25, 0.3) is 11.6 Å². The van der Waals surface area contributed by atoms with Crippen LogP contribution in [0.15, 0.2) is 36.4 Å². The Kier molecular flexibility index (Phi) is 8.73. The lowest BCUT2D eigenvalue weighted by molar-refractivity contribution is 0.102. The van der Waals surface area contributed by atoms with E-state index < -0.39 is 0 Å². The van der Waals surface area contributed by atoms with Crippen molar-refractivity contribution in [3.05, 3.63) is 69.8 Å². The summed E-state index contributed by atoms with van der Waals surface area (Å²) in [6, 6.07) is 12.7. The second kappa shape index (κ2) is 11.8. The Morgan fingerprint density at radius 3 is 2.26 bits per heavy atom. The first kappa shape index (κ1) is 28.7. The molecule has 0 saturated carbocycles. The molecule has 39 heavy (non-hydrogen) atoms. The smallest absolute Gasteiger partial charge is 0.258 e. The quantitative estimate of drug-likeness (QED) is 0.195. The molecule has 1 atom stereocenters. The van der Waals surface area contributed by atoms with E-state index in [1.165, 1.54) is 66.4 Å². The van der Waals surface area contributed by atoms with Crippen LogP contribution in [0.2, 0.25) is 0 Å². The standard InChI is InChI=1S/C33H45N5O/c1-8-9-10-11-12-13-14-26-20-28-29(33(6,7)23(3)32(28,4)5)21-27(26)22(2)19-24-15-17-25(18-16-24)30(39)34-31-35-37-38-36-31/h15-21,23H,8-14H2,1-7H3,(H2,34,35,36,37,38,39)/b22-19+. The van der Waals surface area contributed by atoms with Gasteiger partial charge in [0.05, 0.1) is 0 Å². The summed E-state index contributed by atoms with van der Waals surface area (Å²) < 4.78 is 0.